The number of alkyl halides is 3. The fourth-order valence-electron chi connectivity index (χ4n) is 1.22. The fraction of sp³-hybridized carbons (Fsp3) is 0.900. The predicted molar refractivity (Wildman–Crippen MR) is 54.2 cm³/mol. The van der Waals surface area contributed by atoms with E-state index in [0.29, 0.717) is 19.4 Å². The third-order valence-corrected chi connectivity index (χ3v) is 2.25. The third-order valence-electron chi connectivity index (χ3n) is 2.25. The van der Waals surface area contributed by atoms with Crippen molar-refractivity contribution in [2.24, 2.45) is 5.92 Å². The minimum Gasteiger partial charge on any atom is -0.481 e. The van der Waals surface area contributed by atoms with E-state index in [2.05, 4.69) is 5.32 Å². The highest BCUT2D eigenvalue weighted by molar-refractivity contribution is 5.66. The number of carboxylic acid groups (broad SMARTS) is 1. The van der Waals surface area contributed by atoms with Gasteiger partial charge in [0.2, 0.25) is 0 Å². The number of carbonyl (C=O) groups is 1. The molecule has 96 valence electrons. The lowest BCUT2D eigenvalue weighted by molar-refractivity contribution is -0.137. The van der Waals surface area contributed by atoms with Gasteiger partial charge in [-0.05, 0) is 25.3 Å². The van der Waals surface area contributed by atoms with Crippen LogP contribution in [0, 0.1) is 5.92 Å². The Bertz CT molecular complexity index is 207. The quantitative estimate of drug-likeness (QED) is 0.642. The average molecular weight is 241 g/mol. The van der Waals surface area contributed by atoms with Gasteiger partial charge >= 0.3 is 12.1 Å². The number of rotatable bonds is 8. The summed E-state index contributed by atoms with van der Waals surface area (Å²) in [6, 6.07) is 0. The largest absolute Gasteiger partial charge is 0.481 e. The molecule has 0 heterocycles. The zero-order valence-corrected chi connectivity index (χ0v) is 9.31. The normalized spacial score (nSPS) is 13.8. The molecule has 0 radical (unpaired) electrons. The number of halogens is 3. The molecule has 0 saturated heterocycles. The highest BCUT2D eigenvalue weighted by Crippen LogP contribution is 2.18. The summed E-state index contributed by atoms with van der Waals surface area (Å²) in [6.07, 6.45) is -3.55. The maximum Gasteiger partial charge on any atom is 0.390 e. The summed E-state index contributed by atoms with van der Waals surface area (Å²) in [5.41, 5.74) is 0. The number of hydrogen-bond acceptors (Lipinski definition) is 2. The summed E-state index contributed by atoms with van der Waals surface area (Å²) in [5, 5.41) is 11.1. The van der Waals surface area contributed by atoms with E-state index < -0.39 is 18.6 Å². The van der Waals surface area contributed by atoms with Crippen LogP contribution in [-0.4, -0.2) is 30.3 Å². The Labute approximate surface area is 93.0 Å². The molecule has 0 amide bonds. The molecular formula is C10H18F3NO2. The zero-order valence-electron chi connectivity index (χ0n) is 9.31. The van der Waals surface area contributed by atoms with Crippen molar-refractivity contribution in [1.29, 1.82) is 0 Å². The lowest BCUT2D eigenvalue weighted by Gasteiger charge is -2.11. The molecule has 0 aliphatic heterocycles. The van der Waals surface area contributed by atoms with Crippen molar-refractivity contribution in [3.63, 3.8) is 0 Å². The van der Waals surface area contributed by atoms with E-state index in [9.17, 15) is 18.0 Å². The van der Waals surface area contributed by atoms with Gasteiger partial charge in [-0.3, -0.25) is 4.79 Å². The standard InChI is InChI=1S/C10H18F3NO2/c1-8(2-3-9(15)16)4-6-14-7-5-10(11,12)13/h8,14H,2-7H2,1H3,(H,15,16). The molecule has 0 fully saturated rings. The maximum absolute atomic E-state index is 11.7. The lowest BCUT2D eigenvalue weighted by Crippen LogP contribution is -2.23. The van der Waals surface area contributed by atoms with Crippen molar-refractivity contribution < 1.29 is 23.1 Å². The average Bonchev–Trinajstić information content (AvgIpc) is 2.12. The van der Waals surface area contributed by atoms with Crippen molar-refractivity contribution >= 4 is 5.97 Å². The Hall–Kier alpha value is -0.780. The summed E-state index contributed by atoms with van der Waals surface area (Å²) < 4.78 is 35.2. The van der Waals surface area contributed by atoms with Crippen molar-refractivity contribution in [2.75, 3.05) is 13.1 Å². The van der Waals surface area contributed by atoms with Gasteiger partial charge in [0, 0.05) is 13.0 Å². The minimum atomic E-state index is -4.11. The first-order valence-electron chi connectivity index (χ1n) is 5.30. The van der Waals surface area contributed by atoms with Crippen LogP contribution >= 0.6 is 0 Å². The third kappa shape index (κ3) is 11.3. The molecule has 0 aromatic carbocycles. The lowest BCUT2D eigenvalue weighted by atomic mass is 10.0. The second-order valence-corrected chi connectivity index (χ2v) is 3.94. The van der Waals surface area contributed by atoms with Gasteiger partial charge in [-0.2, -0.15) is 13.2 Å². The van der Waals surface area contributed by atoms with E-state index in [-0.39, 0.29) is 18.9 Å². The van der Waals surface area contributed by atoms with Crippen LogP contribution in [0.15, 0.2) is 0 Å². The monoisotopic (exact) mass is 241 g/mol. The Balaban J connectivity index is 3.34. The number of nitrogens with one attached hydrogen (secondary N) is 1. The Morgan fingerprint density at radius 1 is 1.31 bits per heavy atom. The summed E-state index contributed by atoms with van der Waals surface area (Å²) in [5.74, 6) is -0.619. The van der Waals surface area contributed by atoms with Crippen LogP contribution in [0.25, 0.3) is 0 Å². The van der Waals surface area contributed by atoms with E-state index in [1.54, 1.807) is 0 Å². The molecule has 0 aliphatic carbocycles. The van der Waals surface area contributed by atoms with Gasteiger partial charge in [-0.1, -0.05) is 6.92 Å². The molecule has 6 heteroatoms. The summed E-state index contributed by atoms with van der Waals surface area (Å²) >= 11 is 0. The SMILES string of the molecule is CC(CCNCCC(F)(F)F)CCC(=O)O. The van der Waals surface area contributed by atoms with Crippen LogP contribution in [0.4, 0.5) is 13.2 Å². The molecule has 0 rings (SSSR count). The molecule has 0 aliphatic rings. The minimum absolute atomic E-state index is 0.0743. The molecule has 2 N–H and O–H groups in total. The molecule has 0 spiro atoms. The first-order valence-corrected chi connectivity index (χ1v) is 5.30. The molecule has 0 saturated carbocycles. The molecule has 3 nitrogen and oxygen atoms in total. The topological polar surface area (TPSA) is 49.3 Å². The van der Waals surface area contributed by atoms with Gasteiger partial charge in [0.15, 0.2) is 0 Å². The smallest absolute Gasteiger partial charge is 0.390 e. The summed E-state index contributed by atoms with van der Waals surface area (Å²) in [4.78, 5) is 10.2. The van der Waals surface area contributed by atoms with Crippen molar-refractivity contribution in [3.05, 3.63) is 0 Å². The van der Waals surface area contributed by atoms with Crippen molar-refractivity contribution in [3.8, 4) is 0 Å². The number of hydrogen-bond donors (Lipinski definition) is 2. The van der Waals surface area contributed by atoms with E-state index in [0.717, 1.165) is 0 Å². The summed E-state index contributed by atoms with van der Waals surface area (Å²) in [6.45, 7) is 2.32. The van der Waals surface area contributed by atoms with Crippen LogP contribution in [-0.2, 0) is 4.79 Å². The predicted octanol–water partition coefficient (Wildman–Crippen LogP) is 2.42. The number of aliphatic carboxylic acids is 1. The van der Waals surface area contributed by atoms with Crippen LogP contribution in [0.5, 0.6) is 0 Å². The van der Waals surface area contributed by atoms with Crippen molar-refractivity contribution in [2.45, 2.75) is 38.8 Å². The van der Waals surface area contributed by atoms with Gasteiger partial charge in [-0.15, -0.1) is 0 Å². The molecular weight excluding hydrogens is 223 g/mol. The maximum atomic E-state index is 11.7. The van der Waals surface area contributed by atoms with E-state index in [1.165, 1.54) is 0 Å². The van der Waals surface area contributed by atoms with Gasteiger partial charge < -0.3 is 10.4 Å². The van der Waals surface area contributed by atoms with Crippen LogP contribution in [0.1, 0.15) is 32.6 Å². The van der Waals surface area contributed by atoms with Crippen LogP contribution in [0.2, 0.25) is 0 Å². The Morgan fingerprint density at radius 2 is 1.94 bits per heavy atom. The van der Waals surface area contributed by atoms with Gasteiger partial charge in [0.05, 0.1) is 6.42 Å². The Kier molecular flexibility index (Phi) is 7.12. The van der Waals surface area contributed by atoms with E-state index >= 15 is 0 Å². The van der Waals surface area contributed by atoms with Gasteiger partial charge in [0.25, 0.3) is 0 Å². The fourth-order valence-corrected chi connectivity index (χ4v) is 1.22. The van der Waals surface area contributed by atoms with Gasteiger partial charge in [-0.25, -0.2) is 0 Å². The molecule has 0 aromatic rings. The van der Waals surface area contributed by atoms with Crippen LogP contribution in [0.3, 0.4) is 0 Å². The van der Waals surface area contributed by atoms with E-state index in [1.807, 2.05) is 6.92 Å². The molecule has 1 unspecified atom stereocenters. The highest BCUT2D eigenvalue weighted by Gasteiger charge is 2.25. The van der Waals surface area contributed by atoms with E-state index in [4.69, 9.17) is 5.11 Å². The first-order chi connectivity index (χ1) is 7.31. The summed E-state index contributed by atoms with van der Waals surface area (Å²) in [7, 11) is 0. The molecule has 0 bridgehead atoms. The Morgan fingerprint density at radius 3 is 2.44 bits per heavy atom. The molecule has 16 heavy (non-hydrogen) atoms. The second kappa shape index (κ2) is 7.49. The van der Waals surface area contributed by atoms with Crippen molar-refractivity contribution in [1.82, 2.24) is 5.32 Å². The first kappa shape index (κ1) is 15.2. The van der Waals surface area contributed by atoms with Crippen LogP contribution < -0.4 is 5.32 Å². The highest BCUT2D eigenvalue weighted by atomic mass is 19.4. The molecule has 0 aromatic heterocycles. The van der Waals surface area contributed by atoms with Gasteiger partial charge in [0.1, 0.15) is 0 Å². The number of carboxylic acids is 1. The second-order valence-electron chi connectivity index (χ2n) is 3.94. The molecule has 1 atom stereocenters. The zero-order chi connectivity index (χ0) is 12.6.